The van der Waals surface area contributed by atoms with Crippen LogP contribution in [0.25, 0.3) is 0 Å². The van der Waals surface area contributed by atoms with Crippen molar-refractivity contribution in [3.63, 3.8) is 0 Å². The van der Waals surface area contributed by atoms with Gasteiger partial charge in [-0.1, -0.05) is 0 Å². The first-order chi connectivity index (χ1) is 8.05. The Balaban J connectivity index is 2.26. The topological polar surface area (TPSA) is 75.3 Å². The van der Waals surface area contributed by atoms with Crippen LogP contribution in [-0.2, 0) is 14.8 Å². The van der Waals surface area contributed by atoms with E-state index in [0.717, 1.165) is 0 Å². The number of halogens is 1. The lowest BCUT2D eigenvalue weighted by molar-refractivity contribution is -0.0152. The molecule has 1 aromatic heterocycles. The van der Waals surface area contributed by atoms with E-state index in [-0.39, 0.29) is 29.5 Å². The Morgan fingerprint density at radius 2 is 2.47 bits per heavy atom. The van der Waals surface area contributed by atoms with Crippen molar-refractivity contribution in [2.45, 2.75) is 24.0 Å². The number of hydrogen-bond donors (Lipinski definition) is 1. The van der Waals surface area contributed by atoms with Crippen LogP contribution in [0.5, 0.6) is 0 Å². The zero-order valence-electron chi connectivity index (χ0n) is 9.34. The third kappa shape index (κ3) is 2.47. The van der Waals surface area contributed by atoms with Crippen molar-refractivity contribution < 1.29 is 13.2 Å². The molecule has 0 saturated carbocycles. The lowest BCUT2D eigenvalue weighted by Gasteiger charge is -2.35. The van der Waals surface area contributed by atoms with Crippen LogP contribution in [0.4, 0.5) is 0 Å². The van der Waals surface area contributed by atoms with Crippen LogP contribution < -0.4 is 0 Å². The minimum absolute atomic E-state index is 0.166. The minimum atomic E-state index is -3.51. The smallest absolute Gasteiger partial charge is 0.246 e. The molecule has 2 atom stereocenters. The molecule has 96 valence electrons. The van der Waals surface area contributed by atoms with Gasteiger partial charge in [0.25, 0.3) is 0 Å². The van der Waals surface area contributed by atoms with Crippen LogP contribution in [0.3, 0.4) is 0 Å². The molecule has 2 heterocycles. The summed E-state index contributed by atoms with van der Waals surface area (Å²) < 4.78 is 31.4. The van der Waals surface area contributed by atoms with E-state index in [1.807, 2.05) is 6.92 Å². The van der Waals surface area contributed by atoms with Gasteiger partial charge in [-0.2, -0.15) is 9.40 Å². The predicted octanol–water partition coefficient (Wildman–Crippen LogP) is 0.426. The molecular formula is C9H14ClN3O3S. The van der Waals surface area contributed by atoms with E-state index in [4.69, 9.17) is 16.3 Å². The van der Waals surface area contributed by atoms with E-state index in [1.165, 1.54) is 16.7 Å². The van der Waals surface area contributed by atoms with Gasteiger partial charge in [0.05, 0.1) is 18.9 Å². The van der Waals surface area contributed by atoms with Crippen molar-refractivity contribution in [1.29, 1.82) is 0 Å². The minimum Gasteiger partial charge on any atom is -0.374 e. The number of rotatable bonds is 3. The monoisotopic (exact) mass is 279 g/mol. The summed E-state index contributed by atoms with van der Waals surface area (Å²) in [5.41, 5.74) is 0. The molecule has 0 radical (unpaired) electrons. The summed E-state index contributed by atoms with van der Waals surface area (Å²) in [5.74, 6) is 0.282. The third-order valence-corrected chi connectivity index (χ3v) is 4.99. The van der Waals surface area contributed by atoms with Gasteiger partial charge in [-0.25, -0.2) is 8.42 Å². The van der Waals surface area contributed by atoms with Crippen molar-refractivity contribution in [1.82, 2.24) is 14.5 Å². The van der Waals surface area contributed by atoms with Crippen LogP contribution >= 0.6 is 11.6 Å². The Hall–Kier alpha value is -0.630. The largest absolute Gasteiger partial charge is 0.374 e. The maximum atomic E-state index is 12.3. The Morgan fingerprint density at radius 3 is 3.06 bits per heavy atom. The van der Waals surface area contributed by atoms with E-state index < -0.39 is 10.0 Å². The van der Waals surface area contributed by atoms with Gasteiger partial charge >= 0.3 is 0 Å². The number of H-pyrrole nitrogens is 1. The van der Waals surface area contributed by atoms with E-state index in [2.05, 4.69) is 10.2 Å². The highest BCUT2D eigenvalue weighted by molar-refractivity contribution is 7.89. The number of aromatic amines is 1. The van der Waals surface area contributed by atoms with Crippen LogP contribution in [0.2, 0.25) is 0 Å². The van der Waals surface area contributed by atoms with Crippen molar-refractivity contribution in [3.8, 4) is 0 Å². The molecule has 1 aliphatic heterocycles. The molecule has 8 heteroatoms. The summed E-state index contributed by atoms with van der Waals surface area (Å²) in [6.45, 7) is 2.44. The van der Waals surface area contributed by atoms with Gasteiger partial charge < -0.3 is 4.74 Å². The highest BCUT2D eigenvalue weighted by Crippen LogP contribution is 2.21. The first-order valence-electron chi connectivity index (χ1n) is 5.24. The molecule has 1 saturated heterocycles. The molecule has 1 aromatic rings. The van der Waals surface area contributed by atoms with Crippen molar-refractivity contribution in [2.24, 2.45) is 0 Å². The number of alkyl halides is 1. The summed E-state index contributed by atoms with van der Waals surface area (Å²) in [6, 6.07) is -0.200. The highest BCUT2D eigenvalue weighted by Gasteiger charge is 2.35. The van der Waals surface area contributed by atoms with Crippen molar-refractivity contribution in [2.75, 3.05) is 19.0 Å². The first-order valence-corrected chi connectivity index (χ1v) is 7.21. The van der Waals surface area contributed by atoms with Gasteiger partial charge in [-0.05, 0) is 6.92 Å². The fraction of sp³-hybridized carbons (Fsp3) is 0.667. The molecule has 2 unspecified atom stereocenters. The van der Waals surface area contributed by atoms with E-state index in [0.29, 0.717) is 6.61 Å². The average molecular weight is 280 g/mol. The number of ether oxygens (including phenoxy) is 1. The maximum absolute atomic E-state index is 12.3. The molecule has 2 rings (SSSR count). The zero-order chi connectivity index (χ0) is 12.5. The van der Waals surface area contributed by atoms with Crippen molar-refractivity contribution >= 4 is 21.6 Å². The van der Waals surface area contributed by atoms with Gasteiger partial charge in [-0.3, -0.25) is 5.10 Å². The summed E-state index contributed by atoms with van der Waals surface area (Å²) in [5, 5.41) is 6.16. The molecule has 0 aliphatic carbocycles. The Morgan fingerprint density at radius 1 is 1.71 bits per heavy atom. The average Bonchev–Trinajstić information content (AvgIpc) is 2.83. The van der Waals surface area contributed by atoms with Gasteiger partial charge in [0.15, 0.2) is 0 Å². The SMILES string of the molecule is CC1COC(CCl)CN1S(=O)(=O)c1cn[nH]c1. The molecular weight excluding hydrogens is 266 g/mol. The number of morpholine rings is 1. The van der Waals surface area contributed by atoms with E-state index in [9.17, 15) is 8.42 Å². The quantitative estimate of drug-likeness (QED) is 0.814. The molecule has 17 heavy (non-hydrogen) atoms. The lowest BCUT2D eigenvalue weighted by atomic mass is 10.2. The van der Waals surface area contributed by atoms with Gasteiger partial charge in [0, 0.05) is 24.7 Å². The summed E-state index contributed by atoms with van der Waals surface area (Å²) in [7, 11) is -3.51. The molecule has 0 aromatic carbocycles. The standard InChI is InChI=1S/C9H14ClN3O3S/c1-7-6-16-8(2-10)5-13(7)17(14,15)9-3-11-12-4-9/h3-4,7-8H,2,5-6H2,1H3,(H,11,12). The first kappa shape index (κ1) is 12.8. The molecule has 0 spiro atoms. The van der Waals surface area contributed by atoms with Crippen LogP contribution in [0, 0.1) is 0 Å². The second-order valence-corrected chi connectivity index (χ2v) is 6.17. The van der Waals surface area contributed by atoms with Gasteiger partial charge in [-0.15, -0.1) is 11.6 Å². The van der Waals surface area contributed by atoms with Crippen LogP contribution in [-0.4, -0.2) is 54.1 Å². The lowest BCUT2D eigenvalue weighted by Crippen LogP contribution is -2.51. The maximum Gasteiger partial charge on any atom is 0.246 e. The van der Waals surface area contributed by atoms with Crippen molar-refractivity contribution in [3.05, 3.63) is 12.4 Å². The summed E-state index contributed by atoms with van der Waals surface area (Å²) in [6.07, 6.45) is 2.41. The Labute approximate surface area is 105 Å². The number of nitrogens with zero attached hydrogens (tertiary/aromatic N) is 2. The van der Waals surface area contributed by atoms with Gasteiger partial charge in [0.2, 0.25) is 10.0 Å². The zero-order valence-corrected chi connectivity index (χ0v) is 10.9. The highest BCUT2D eigenvalue weighted by atomic mass is 35.5. The fourth-order valence-corrected chi connectivity index (χ4v) is 3.48. The Bertz CT molecular complexity index is 462. The second-order valence-electron chi connectivity index (χ2n) is 3.97. The molecule has 6 nitrogen and oxygen atoms in total. The Kier molecular flexibility index (Phi) is 3.72. The fourth-order valence-electron chi connectivity index (χ4n) is 1.74. The number of nitrogens with one attached hydrogen (secondary N) is 1. The van der Waals surface area contributed by atoms with E-state index in [1.54, 1.807) is 0 Å². The second kappa shape index (κ2) is 4.93. The molecule has 0 bridgehead atoms. The number of aromatic nitrogens is 2. The third-order valence-electron chi connectivity index (χ3n) is 2.70. The normalized spacial score (nSPS) is 27.2. The molecule has 1 aliphatic rings. The molecule has 0 amide bonds. The van der Waals surface area contributed by atoms with Gasteiger partial charge in [0.1, 0.15) is 4.90 Å². The number of sulfonamides is 1. The van der Waals surface area contributed by atoms with Crippen LogP contribution in [0.15, 0.2) is 17.3 Å². The number of hydrogen-bond acceptors (Lipinski definition) is 4. The van der Waals surface area contributed by atoms with Crippen LogP contribution in [0.1, 0.15) is 6.92 Å². The summed E-state index contributed by atoms with van der Waals surface area (Å²) >= 11 is 5.70. The molecule has 1 fully saturated rings. The molecule has 1 N–H and O–H groups in total. The van der Waals surface area contributed by atoms with E-state index >= 15 is 0 Å². The predicted molar refractivity (Wildman–Crippen MR) is 62.4 cm³/mol. The summed E-state index contributed by atoms with van der Waals surface area (Å²) in [4.78, 5) is 0.166.